The Morgan fingerprint density at radius 1 is 0.815 bits per heavy atom. The van der Waals surface area contributed by atoms with Crippen molar-refractivity contribution in [2.75, 3.05) is 13.7 Å². The molecule has 274 valence electrons. The van der Waals surface area contributed by atoms with Crippen molar-refractivity contribution in [1.29, 1.82) is 0 Å². The molecule has 0 amide bonds. The van der Waals surface area contributed by atoms with Crippen molar-refractivity contribution in [3.63, 3.8) is 0 Å². The second kappa shape index (κ2) is 20.5. The van der Waals surface area contributed by atoms with Crippen LogP contribution in [0.1, 0.15) is 78.0 Å². The molecule has 5 rings (SSSR count). The number of nitrogens with zero attached hydrogens (tertiary/aromatic N) is 4. The summed E-state index contributed by atoms with van der Waals surface area (Å²) >= 11 is 0. The van der Waals surface area contributed by atoms with Crippen LogP contribution in [0.5, 0.6) is 0 Å². The van der Waals surface area contributed by atoms with Crippen molar-refractivity contribution in [2.24, 2.45) is 20.0 Å². The van der Waals surface area contributed by atoms with E-state index in [2.05, 4.69) is 9.98 Å². The van der Waals surface area contributed by atoms with Gasteiger partial charge in [0.25, 0.3) is 0 Å². The van der Waals surface area contributed by atoms with E-state index in [0.29, 0.717) is 67.8 Å². The van der Waals surface area contributed by atoms with Crippen LogP contribution in [0, 0.1) is 6.92 Å². The van der Waals surface area contributed by atoms with E-state index in [-0.39, 0.29) is 171 Å². The van der Waals surface area contributed by atoms with Crippen LogP contribution in [-0.4, -0.2) is 59.6 Å². The molecule has 0 spiro atoms. The standard InChI is InChI=1S/C38H41N5O8.2K.Pd/c1-8-22-17(2)25-16-30-34(21(6)44)19(4)27(41-30)14-26-18(3)23(9-10-31(45)46)36(42-26)24(13-33(49)51-7)37-35(38(50)39-12-11-32(47)48)20(5)28(43-37)15-29(22)40-25;;;/h14-16,41,44H,8-13H2,1-7H3,(H,39,50)(H,45,46)(H,47,48);;;/q;2*+1;+2/p-4/b26-14?,29-15?,30-16?,34-21+,37-24?;;;. The summed E-state index contributed by atoms with van der Waals surface area (Å²) in [4.78, 5) is 57.9. The molecule has 4 aliphatic heterocycles. The van der Waals surface area contributed by atoms with Gasteiger partial charge in [-0.25, -0.2) is 15.0 Å². The minimum atomic E-state index is -1.37. The largest absolute Gasteiger partial charge is 2.00 e. The molecule has 16 heteroatoms. The van der Waals surface area contributed by atoms with Crippen LogP contribution in [0.15, 0.2) is 82.1 Å². The molecular formula is C38H37K2N5O8Pd. The molecule has 13 nitrogen and oxygen atoms in total. The molecule has 0 radical (unpaired) electrons. The average molecular weight is 876 g/mol. The Hall–Kier alpha value is -1.91. The van der Waals surface area contributed by atoms with Crippen molar-refractivity contribution >= 4 is 58.9 Å². The normalized spacial score (nSPS) is 17.0. The van der Waals surface area contributed by atoms with E-state index in [1.807, 2.05) is 26.8 Å². The van der Waals surface area contributed by atoms with Crippen LogP contribution < -0.4 is 134 Å². The molecule has 1 N–H and O–H groups in total. The van der Waals surface area contributed by atoms with Gasteiger partial charge in [-0.2, -0.15) is 0 Å². The summed E-state index contributed by atoms with van der Waals surface area (Å²) < 4.78 is 5.05. The van der Waals surface area contributed by atoms with Crippen molar-refractivity contribution in [3.8, 4) is 0 Å². The van der Waals surface area contributed by atoms with Crippen LogP contribution in [0.3, 0.4) is 0 Å². The van der Waals surface area contributed by atoms with Crippen LogP contribution in [-0.2, 0) is 39.5 Å². The zero-order chi connectivity index (χ0) is 37.3. The number of allylic oxidation sites excluding steroid dienone is 6. The van der Waals surface area contributed by atoms with Crippen molar-refractivity contribution < 1.29 is 163 Å². The van der Waals surface area contributed by atoms with Crippen LogP contribution in [0.2, 0.25) is 0 Å². The number of rotatable bonds is 10. The summed E-state index contributed by atoms with van der Waals surface area (Å²) in [5, 5.41) is 50.6. The maximum absolute atomic E-state index is 13.8. The first-order chi connectivity index (χ1) is 24.2. The number of H-pyrrole nitrogens is 1. The molecule has 1 aromatic rings. The molecule has 0 unspecified atom stereocenters. The number of aromatic amines is 1. The topological polar surface area (TPSA) is 218 Å². The average Bonchev–Trinajstić information content (AvgIpc) is 3.75. The Kier molecular flexibility index (Phi) is 18.3. The van der Waals surface area contributed by atoms with Crippen LogP contribution >= 0.6 is 0 Å². The summed E-state index contributed by atoms with van der Waals surface area (Å²) in [5.41, 5.74) is 7.09. The molecule has 0 saturated heterocycles. The zero-order valence-corrected chi connectivity index (χ0v) is 39.6. The maximum Gasteiger partial charge on any atom is 2.00 e. The first-order valence-electron chi connectivity index (χ1n) is 16.5. The van der Waals surface area contributed by atoms with Gasteiger partial charge in [0.2, 0.25) is 0 Å². The second-order valence-corrected chi connectivity index (χ2v) is 12.5. The number of hydrogen-bond donors (Lipinski definition) is 1. The molecule has 0 saturated carbocycles. The van der Waals surface area contributed by atoms with E-state index < -0.39 is 36.6 Å². The number of carbonyl (C=O) groups excluding carboxylic acids is 3. The Bertz CT molecular complexity index is 2240. The van der Waals surface area contributed by atoms with Gasteiger partial charge in [-0.15, -0.1) is 5.76 Å². The minimum absolute atomic E-state index is 0. The van der Waals surface area contributed by atoms with E-state index in [0.717, 1.165) is 11.1 Å². The number of esters is 1. The summed E-state index contributed by atoms with van der Waals surface area (Å²) in [7, 11) is 1.21. The third-order valence-corrected chi connectivity index (χ3v) is 9.31. The van der Waals surface area contributed by atoms with Gasteiger partial charge in [0.05, 0.1) is 47.8 Å². The second-order valence-electron chi connectivity index (χ2n) is 12.5. The van der Waals surface area contributed by atoms with Gasteiger partial charge < -0.3 is 44.7 Å². The minimum Gasteiger partial charge on any atom is -0.875 e. The molecule has 5 heterocycles. The van der Waals surface area contributed by atoms with Gasteiger partial charge >= 0.3 is 129 Å². The van der Waals surface area contributed by atoms with Gasteiger partial charge in [-0.1, -0.05) is 13.8 Å². The number of methoxy groups -OCH3 is 1. The number of aliphatic imine (C=N–C) groups is 4. The Labute approximate surface area is 411 Å². The fourth-order valence-corrected chi connectivity index (χ4v) is 6.62. The SMILES string of the molecule is CCC1=C(C)C2=NC1=CC1=NC(=C(CC(=O)OC)C3=NC(=Cc4[nH]c(/c(=C(\C)[O-])c4C)=C2)C(C)=C3CCC(=O)[O-])C(C([O-])=NCCC(=O)[O-])=C1C.[K+].[K+].[Pd+2]. The number of aromatic nitrogens is 1. The van der Waals surface area contributed by atoms with Crippen molar-refractivity contribution in [1.82, 2.24) is 4.98 Å². The van der Waals surface area contributed by atoms with E-state index in [1.165, 1.54) is 14.0 Å². The number of hydrogen-bond acceptors (Lipinski definition) is 12. The summed E-state index contributed by atoms with van der Waals surface area (Å²) in [6, 6.07) is 0. The first-order valence-corrected chi connectivity index (χ1v) is 16.5. The third kappa shape index (κ3) is 10.1. The molecule has 0 atom stereocenters. The number of nitrogens with one attached hydrogen (secondary N) is 1. The molecule has 0 aromatic carbocycles. The van der Waals surface area contributed by atoms with Gasteiger partial charge in [0, 0.05) is 47.1 Å². The van der Waals surface area contributed by atoms with E-state index in [4.69, 9.17) is 19.7 Å². The Morgan fingerprint density at radius 3 is 2.06 bits per heavy atom. The van der Waals surface area contributed by atoms with E-state index >= 15 is 0 Å². The monoisotopic (exact) mass is 875 g/mol. The van der Waals surface area contributed by atoms with Gasteiger partial charge in [0.1, 0.15) is 0 Å². The maximum atomic E-state index is 13.8. The Balaban J connectivity index is 0.00000336. The van der Waals surface area contributed by atoms with Crippen LogP contribution in [0.25, 0.3) is 17.9 Å². The molecular weight excluding hydrogens is 839 g/mol. The summed E-state index contributed by atoms with van der Waals surface area (Å²) in [6.07, 6.45) is 4.66. The number of ether oxygens (including phenoxy) is 1. The fraction of sp³-hybridized carbons (Fsp3) is 0.342. The van der Waals surface area contributed by atoms with Crippen molar-refractivity contribution in [2.45, 2.75) is 73.6 Å². The molecule has 4 aliphatic rings. The number of aliphatic carboxylic acids is 2. The zero-order valence-electron chi connectivity index (χ0n) is 31.8. The molecule has 1 aromatic heterocycles. The van der Waals surface area contributed by atoms with Crippen molar-refractivity contribution in [3.05, 3.63) is 84.0 Å². The number of carbonyl (C=O) groups is 3. The van der Waals surface area contributed by atoms with E-state index in [1.54, 1.807) is 26.0 Å². The fourth-order valence-electron chi connectivity index (χ4n) is 6.62. The van der Waals surface area contributed by atoms with Gasteiger partial charge in [-0.05, 0) is 110 Å². The molecule has 0 fully saturated rings. The predicted octanol–water partition coefficient (Wildman–Crippen LogP) is -6.19. The van der Waals surface area contributed by atoms with Crippen LogP contribution in [0.4, 0.5) is 0 Å². The smallest absolute Gasteiger partial charge is 0.875 e. The Morgan fingerprint density at radius 2 is 1.46 bits per heavy atom. The summed E-state index contributed by atoms with van der Waals surface area (Å²) in [5.74, 6) is -4.25. The number of carboxylic acid groups (broad SMARTS) is 2. The summed E-state index contributed by atoms with van der Waals surface area (Å²) in [6.45, 7) is 10.3. The quantitative estimate of drug-likeness (QED) is 0.103. The third-order valence-electron chi connectivity index (χ3n) is 9.31. The van der Waals surface area contributed by atoms with Gasteiger partial charge in [-0.3, -0.25) is 4.79 Å². The molecule has 0 aliphatic carbocycles. The van der Waals surface area contributed by atoms with Gasteiger partial charge in [0.15, 0.2) is 0 Å². The molecule has 54 heavy (non-hydrogen) atoms. The van der Waals surface area contributed by atoms with E-state index in [9.17, 15) is 34.8 Å². The first kappa shape index (κ1) is 48.2. The molecule has 8 bridgehead atoms. The predicted molar refractivity (Wildman–Crippen MR) is 185 cm³/mol. The number of carboxylic acids is 2. The number of fused-ring (bicyclic) bond motifs is 5.